The zero-order valence-electron chi connectivity index (χ0n) is 21.4. The van der Waals surface area contributed by atoms with Crippen LogP contribution in [-0.2, 0) is 0 Å². The van der Waals surface area contributed by atoms with Gasteiger partial charge in [0.15, 0.2) is 23.3 Å². The van der Waals surface area contributed by atoms with Gasteiger partial charge >= 0.3 is 0 Å². The van der Waals surface area contributed by atoms with Crippen LogP contribution in [0.2, 0.25) is 0 Å². The number of hydrogen-bond donors (Lipinski definition) is 2. The van der Waals surface area contributed by atoms with Crippen molar-refractivity contribution in [2.75, 3.05) is 0 Å². The van der Waals surface area contributed by atoms with E-state index in [4.69, 9.17) is 29.9 Å². The maximum absolute atomic E-state index is 5.02. The summed E-state index contributed by atoms with van der Waals surface area (Å²) in [4.78, 5) is 36.8. The second-order valence-corrected chi connectivity index (χ2v) is 9.79. The summed E-state index contributed by atoms with van der Waals surface area (Å²) in [6, 6.07) is 32.2. The summed E-state index contributed by atoms with van der Waals surface area (Å²) in [7, 11) is 0. The van der Waals surface area contributed by atoms with Crippen LogP contribution in [0, 0.1) is 40.8 Å². The van der Waals surface area contributed by atoms with Crippen molar-refractivity contribution < 1.29 is 40.8 Å². The summed E-state index contributed by atoms with van der Waals surface area (Å²) in [6.07, 6.45) is 0. The standard InChI is InChI=1S/C32H18N8.Nd/c1-2-10-18-17(9-1)25-33-26(18)38-28-21-13-5-6-14-22(21)30(35-28)40-32-24-16-8-7-15-23(24)31(36-32)39-29-20-12-4-3-11-19(20)27(34-29)37-25;/h1-16H,(H2,33,34,35,36,37,38,39,40);. The van der Waals surface area contributed by atoms with E-state index in [1.54, 1.807) is 0 Å². The van der Waals surface area contributed by atoms with E-state index in [0.29, 0.717) is 45.9 Å². The van der Waals surface area contributed by atoms with Gasteiger partial charge in [-0.05, 0) is 0 Å². The molecule has 0 radical (unpaired) electrons. The summed E-state index contributed by atoms with van der Waals surface area (Å²) in [6.45, 7) is 0. The van der Waals surface area contributed by atoms with Gasteiger partial charge in [0.25, 0.3) is 0 Å². The van der Waals surface area contributed by atoms with Gasteiger partial charge in [-0.15, -0.1) is 0 Å². The van der Waals surface area contributed by atoms with Gasteiger partial charge in [-0.25, -0.2) is 29.9 Å². The molecule has 0 amide bonds. The maximum Gasteiger partial charge on any atom is 0.164 e. The van der Waals surface area contributed by atoms with Crippen LogP contribution in [-0.4, -0.2) is 39.9 Å². The van der Waals surface area contributed by atoms with Crippen LogP contribution in [0.3, 0.4) is 0 Å². The normalized spacial score (nSPS) is 11.7. The topological polar surface area (TPSA) is 109 Å². The molecule has 190 valence electrons. The van der Waals surface area contributed by atoms with E-state index < -0.39 is 0 Å². The Kier molecular flexibility index (Phi) is 5.55. The predicted molar refractivity (Wildman–Crippen MR) is 156 cm³/mol. The number of hydrogen-bond acceptors (Lipinski definition) is 6. The average molecular weight is 659 g/mol. The zero-order chi connectivity index (χ0) is 26.2. The number of rotatable bonds is 0. The first kappa shape index (κ1) is 24.4. The van der Waals surface area contributed by atoms with Crippen molar-refractivity contribution in [1.82, 2.24) is 39.9 Å². The van der Waals surface area contributed by atoms with E-state index in [9.17, 15) is 0 Å². The molecule has 9 heteroatoms. The summed E-state index contributed by atoms with van der Waals surface area (Å²) >= 11 is 0. The fraction of sp³-hybridized carbons (Fsp3) is 0. The van der Waals surface area contributed by atoms with Crippen LogP contribution in [0.4, 0.5) is 0 Å². The Labute approximate surface area is 265 Å². The van der Waals surface area contributed by atoms with Crippen LogP contribution in [0.25, 0.3) is 89.7 Å². The van der Waals surface area contributed by atoms with Crippen molar-refractivity contribution in [2.24, 2.45) is 0 Å². The molecule has 0 spiro atoms. The first-order valence-corrected chi connectivity index (χ1v) is 13.0. The number of aromatic amines is 2. The van der Waals surface area contributed by atoms with Crippen molar-refractivity contribution in [3.8, 4) is 45.6 Å². The first-order chi connectivity index (χ1) is 19.8. The number of benzene rings is 4. The van der Waals surface area contributed by atoms with Crippen LogP contribution in [0.1, 0.15) is 0 Å². The second kappa shape index (κ2) is 9.32. The van der Waals surface area contributed by atoms with Gasteiger partial charge < -0.3 is 9.97 Å². The number of nitrogens with one attached hydrogen (secondary N) is 2. The Bertz CT molecular complexity index is 2030. The van der Waals surface area contributed by atoms with Crippen molar-refractivity contribution in [2.45, 2.75) is 0 Å². The molecule has 5 heterocycles. The zero-order valence-corrected chi connectivity index (χ0v) is 24.6. The Hall–Kier alpha value is -4.41. The third kappa shape index (κ3) is 3.74. The monoisotopic (exact) mass is 656 g/mol. The fourth-order valence-corrected chi connectivity index (χ4v) is 5.59. The van der Waals surface area contributed by atoms with Crippen molar-refractivity contribution in [1.29, 1.82) is 0 Å². The van der Waals surface area contributed by atoms with Crippen molar-refractivity contribution >= 4 is 44.1 Å². The van der Waals surface area contributed by atoms with Gasteiger partial charge in [-0.1, -0.05) is 97.1 Å². The van der Waals surface area contributed by atoms with Crippen LogP contribution < -0.4 is 0 Å². The minimum absolute atomic E-state index is 0. The molecule has 8 nitrogen and oxygen atoms in total. The van der Waals surface area contributed by atoms with E-state index in [1.165, 1.54) is 0 Å². The molecule has 7 aromatic rings. The van der Waals surface area contributed by atoms with Gasteiger partial charge in [-0.2, -0.15) is 0 Å². The first-order valence-electron chi connectivity index (χ1n) is 13.0. The predicted octanol–water partition coefficient (Wildman–Crippen LogP) is 6.87. The number of aromatic nitrogens is 8. The molecule has 2 aliphatic heterocycles. The molecular formula is C32H18N8Nd. The molecule has 0 aliphatic carbocycles. The van der Waals surface area contributed by atoms with Crippen LogP contribution in [0.15, 0.2) is 97.1 Å². The quantitative estimate of drug-likeness (QED) is 0.184. The van der Waals surface area contributed by atoms with Gasteiger partial charge in [0.1, 0.15) is 22.6 Å². The molecule has 8 bridgehead atoms. The molecule has 0 saturated carbocycles. The maximum atomic E-state index is 5.02. The Balaban J connectivity index is 0.00000256. The van der Waals surface area contributed by atoms with Crippen LogP contribution in [0.5, 0.6) is 0 Å². The Morgan fingerprint density at radius 2 is 0.561 bits per heavy atom. The minimum Gasteiger partial charge on any atom is -0.324 e. The third-order valence-corrected chi connectivity index (χ3v) is 7.46. The van der Waals surface area contributed by atoms with Crippen molar-refractivity contribution in [3.63, 3.8) is 0 Å². The SMILES string of the molecule is [Nd].c1ccc2c(c1)-c1nc-2nc2[nH]c(nc3nc(nc4[nH]c(n1)c1ccccc41)-c1ccccc1-3)c1ccccc21. The van der Waals surface area contributed by atoms with E-state index in [0.717, 1.165) is 43.8 Å². The summed E-state index contributed by atoms with van der Waals surface area (Å²) in [5.74, 6) is 2.39. The average Bonchev–Trinajstić information content (AvgIpc) is 3.73. The number of fused-ring (bicyclic) bond motifs is 20. The van der Waals surface area contributed by atoms with Gasteiger partial charge in [0.05, 0.1) is 0 Å². The Morgan fingerprint density at radius 3 is 0.829 bits per heavy atom. The molecule has 0 atom stereocenters. The molecule has 0 unspecified atom stereocenters. The van der Waals surface area contributed by atoms with Gasteiger partial charge in [-0.3, -0.25) is 0 Å². The fourth-order valence-electron chi connectivity index (χ4n) is 5.59. The van der Waals surface area contributed by atoms with Crippen LogP contribution >= 0.6 is 0 Å². The summed E-state index contributed by atoms with van der Waals surface area (Å²) in [5, 5.41) is 3.82. The summed E-state index contributed by atoms with van der Waals surface area (Å²) < 4.78 is 0. The van der Waals surface area contributed by atoms with Crippen molar-refractivity contribution in [3.05, 3.63) is 97.1 Å². The van der Waals surface area contributed by atoms with E-state index >= 15 is 0 Å². The molecular weight excluding hydrogens is 641 g/mol. The largest absolute Gasteiger partial charge is 0.324 e. The van der Waals surface area contributed by atoms with Gasteiger partial charge in [0.2, 0.25) is 0 Å². The molecule has 0 fully saturated rings. The molecule has 2 aliphatic rings. The summed E-state index contributed by atoms with van der Waals surface area (Å²) in [5.41, 5.74) is 6.45. The van der Waals surface area contributed by atoms with E-state index in [-0.39, 0.29) is 40.8 Å². The molecule has 0 saturated heterocycles. The molecule has 3 aromatic heterocycles. The van der Waals surface area contributed by atoms with Gasteiger partial charge in [0, 0.05) is 84.6 Å². The molecule has 2 N–H and O–H groups in total. The molecule has 4 aromatic carbocycles. The molecule has 41 heavy (non-hydrogen) atoms. The molecule has 9 rings (SSSR count). The van der Waals surface area contributed by atoms with E-state index in [2.05, 4.69) is 9.97 Å². The minimum atomic E-state index is 0. The third-order valence-electron chi connectivity index (χ3n) is 7.46. The second-order valence-electron chi connectivity index (χ2n) is 9.79. The van der Waals surface area contributed by atoms with E-state index in [1.807, 2.05) is 97.1 Å². The number of nitrogens with zero attached hydrogens (tertiary/aromatic N) is 6. The smallest absolute Gasteiger partial charge is 0.164 e. The Morgan fingerprint density at radius 1 is 0.317 bits per heavy atom. The number of H-pyrrole nitrogens is 2.